The summed E-state index contributed by atoms with van der Waals surface area (Å²) < 4.78 is 0. The number of carbonyl (C=O) groups excluding carboxylic acids is 1. The van der Waals surface area contributed by atoms with Gasteiger partial charge in [0.25, 0.3) is 5.69 Å². The van der Waals surface area contributed by atoms with Crippen molar-refractivity contribution in [2.75, 3.05) is 26.2 Å². The molecule has 0 saturated carbocycles. The lowest BCUT2D eigenvalue weighted by atomic mass is 10.1. The fourth-order valence-electron chi connectivity index (χ4n) is 2.07. The molecule has 0 bridgehead atoms. The summed E-state index contributed by atoms with van der Waals surface area (Å²) in [5.41, 5.74) is 1.15. The van der Waals surface area contributed by atoms with Crippen molar-refractivity contribution in [3.8, 4) is 0 Å². The Kier molecular flexibility index (Phi) is 7.39. The molecule has 1 aromatic rings. The van der Waals surface area contributed by atoms with Crippen molar-refractivity contribution in [2.45, 2.75) is 26.7 Å². The summed E-state index contributed by atoms with van der Waals surface area (Å²) in [7, 11) is 0. The number of benzene rings is 1. The van der Waals surface area contributed by atoms with Crippen LogP contribution in [0.15, 0.2) is 24.3 Å². The largest absolute Gasteiger partial charge is 0.343 e. The van der Waals surface area contributed by atoms with E-state index in [1.54, 1.807) is 12.1 Å². The molecule has 6 heteroatoms. The minimum Gasteiger partial charge on any atom is -0.343 e. The van der Waals surface area contributed by atoms with E-state index in [9.17, 15) is 14.9 Å². The molecule has 0 aliphatic rings. The normalized spacial score (nSPS) is 10.4. The Morgan fingerprint density at radius 2 is 1.81 bits per heavy atom. The van der Waals surface area contributed by atoms with Gasteiger partial charge in [-0.05, 0) is 32.4 Å². The molecule has 21 heavy (non-hydrogen) atoms. The highest BCUT2D eigenvalue weighted by Crippen LogP contribution is 2.11. The van der Waals surface area contributed by atoms with E-state index >= 15 is 0 Å². The molecule has 0 unspecified atom stereocenters. The summed E-state index contributed by atoms with van der Waals surface area (Å²) in [6, 6.07) is 6.56. The maximum Gasteiger partial charge on any atom is 0.269 e. The lowest BCUT2D eigenvalue weighted by molar-refractivity contribution is -0.384. The van der Waals surface area contributed by atoms with E-state index in [-0.39, 0.29) is 11.6 Å². The molecule has 0 aliphatic carbocycles. The maximum atomic E-state index is 11.8. The highest BCUT2D eigenvalue weighted by molar-refractivity contribution is 5.76. The first-order valence-electron chi connectivity index (χ1n) is 7.30. The lowest BCUT2D eigenvalue weighted by Gasteiger charge is -2.18. The summed E-state index contributed by atoms with van der Waals surface area (Å²) in [5, 5.41) is 13.8. The highest BCUT2D eigenvalue weighted by Gasteiger charge is 2.08. The Morgan fingerprint density at radius 3 is 2.33 bits per heavy atom. The number of hydrogen-bond acceptors (Lipinski definition) is 4. The van der Waals surface area contributed by atoms with Gasteiger partial charge in [-0.3, -0.25) is 14.9 Å². The molecule has 116 valence electrons. The quantitative estimate of drug-likeness (QED) is 0.429. The van der Waals surface area contributed by atoms with Gasteiger partial charge in [0, 0.05) is 38.2 Å². The molecule has 1 amide bonds. The molecule has 0 atom stereocenters. The first-order chi connectivity index (χ1) is 10.1. The van der Waals surface area contributed by atoms with E-state index in [4.69, 9.17) is 0 Å². The predicted molar refractivity (Wildman–Crippen MR) is 82.2 cm³/mol. The summed E-state index contributed by atoms with van der Waals surface area (Å²) in [6.07, 6.45) is 1.29. The van der Waals surface area contributed by atoms with E-state index < -0.39 is 4.92 Å². The molecule has 0 radical (unpaired) electrons. The first-order valence-corrected chi connectivity index (χ1v) is 7.30. The predicted octanol–water partition coefficient (Wildman–Crippen LogP) is 1.99. The fourth-order valence-corrected chi connectivity index (χ4v) is 2.07. The summed E-state index contributed by atoms with van der Waals surface area (Å²) in [6.45, 7) is 6.86. The zero-order valence-corrected chi connectivity index (χ0v) is 12.7. The minimum absolute atomic E-state index is 0.108. The molecule has 0 heterocycles. The number of carbonyl (C=O) groups is 1. The zero-order chi connectivity index (χ0) is 15.7. The van der Waals surface area contributed by atoms with Crippen LogP contribution in [0.25, 0.3) is 0 Å². The highest BCUT2D eigenvalue weighted by atomic mass is 16.6. The standard InChI is InChI=1S/C15H23N3O3/c1-3-17(4-2)15(19)10-12-16-11-9-13-5-7-14(8-6-13)18(20)21/h5-8,16H,3-4,9-12H2,1-2H3. The number of nitro benzene ring substituents is 1. The number of nitro groups is 1. The third-order valence-electron chi connectivity index (χ3n) is 3.37. The average molecular weight is 293 g/mol. The topological polar surface area (TPSA) is 75.5 Å². The number of hydrogen-bond donors (Lipinski definition) is 1. The minimum atomic E-state index is -0.402. The van der Waals surface area contributed by atoms with Crippen LogP contribution in [0.3, 0.4) is 0 Å². The van der Waals surface area contributed by atoms with Gasteiger partial charge >= 0.3 is 0 Å². The Labute approximate surface area is 125 Å². The smallest absolute Gasteiger partial charge is 0.269 e. The molecular weight excluding hydrogens is 270 g/mol. The Balaban J connectivity index is 2.22. The van der Waals surface area contributed by atoms with Crippen molar-refractivity contribution in [2.24, 2.45) is 0 Å². The Morgan fingerprint density at radius 1 is 1.19 bits per heavy atom. The molecule has 6 nitrogen and oxygen atoms in total. The molecule has 0 aromatic heterocycles. The molecule has 0 aliphatic heterocycles. The van der Waals surface area contributed by atoms with Gasteiger partial charge in [-0.15, -0.1) is 0 Å². The van der Waals surface area contributed by atoms with Crippen LogP contribution < -0.4 is 5.32 Å². The Hall–Kier alpha value is -1.95. The average Bonchev–Trinajstić information content (AvgIpc) is 2.48. The van der Waals surface area contributed by atoms with E-state index in [1.807, 2.05) is 18.7 Å². The number of nitrogens with one attached hydrogen (secondary N) is 1. The zero-order valence-electron chi connectivity index (χ0n) is 12.7. The molecule has 0 spiro atoms. The second kappa shape index (κ2) is 9.07. The van der Waals surface area contributed by atoms with Crippen molar-refractivity contribution < 1.29 is 9.72 Å². The van der Waals surface area contributed by atoms with E-state index in [2.05, 4.69) is 5.32 Å². The maximum absolute atomic E-state index is 11.8. The summed E-state index contributed by atoms with van der Waals surface area (Å²) in [5.74, 6) is 0.169. The second-order valence-corrected chi connectivity index (χ2v) is 4.74. The van der Waals surface area contributed by atoms with Crippen LogP contribution in [-0.2, 0) is 11.2 Å². The third kappa shape index (κ3) is 5.91. The van der Waals surface area contributed by atoms with Crippen molar-refractivity contribution in [1.82, 2.24) is 10.2 Å². The summed E-state index contributed by atoms with van der Waals surface area (Å²) in [4.78, 5) is 23.7. The monoisotopic (exact) mass is 293 g/mol. The molecule has 0 fully saturated rings. The van der Waals surface area contributed by atoms with Gasteiger partial charge in [-0.2, -0.15) is 0 Å². The third-order valence-corrected chi connectivity index (χ3v) is 3.37. The van der Waals surface area contributed by atoms with Crippen LogP contribution >= 0.6 is 0 Å². The van der Waals surface area contributed by atoms with E-state index in [0.29, 0.717) is 13.0 Å². The van der Waals surface area contributed by atoms with Crippen molar-refractivity contribution in [3.63, 3.8) is 0 Å². The van der Waals surface area contributed by atoms with Crippen molar-refractivity contribution in [3.05, 3.63) is 39.9 Å². The van der Waals surface area contributed by atoms with Gasteiger partial charge < -0.3 is 10.2 Å². The number of nitrogens with zero attached hydrogens (tertiary/aromatic N) is 2. The molecule has 0 saturated heterocycles. The number of amides is 1. The molecule has 1 rings (SSSR count). The van der Waals surface area contributed by atoms with Gasteiger partial charge in [0.15, 0.2) is 0 Å². The van der Waals surface area contributed by atoms with Crippen LogP contribution in [0.5, 0.6) is 0 Å². The molecule has 1 N–H and O–H groups in total. The van der Waals surface area contributed by atoms with Crippen LogP contribution in [0, 0.1) is 10.1 Å². The van der Waals surface area contributed by atoms with E-state index in [1.165, 1.54) is 12.1 Å². The Bertz CT molecular complexity index is 456. The van der Waals surface area contributed by atoms with Gasteiger partial charge in [0.1, 0.15) is 0 Å². The van der Waals surface area contributed by atoms with Crippen LogP contribution in [0.4, 0.5) is 5.69 Å². The second-order valence-electron chi connectivity index (χ2n) is 4.74. The lowest BCUT2D eigenvalue weighted by Crippen LogP contribution is -2.33. The van der Waals surface area contributed by atoms with Crippen LogP contribution in [0.2, 0.25) is 0 Å². The van der Waals surface area contributed by atoms with Crippen LogP contribution in [0.1, 0.15) is 25.8 Å². The van der Waals surface area contributed by atoms with Gasteiger partial charge in [-0.25, -0.2) is 0 Å². The van der Waals surface area contributed by atoms with Gasteiger partial charge in [0.2, 0.25) is 5.91 Å². The first kappa shape index (κ1) is 17.1. The van der Waals surface area contributed by atoms with Crippen molar-refractivity contribution in [1.29, 1.82) is 0 Å². The van der Waals surface area contributed by atoms with Crippen molar-refractivity contribution >= 4 is 11.6 Å². The SMILES string of the molecule is CCN(CC)C(=O)CCNCCc1ccc([N+](=O)[O-])cc1. The number of non-ortho nitro benzene ring substituents is 1. The molecule has 1 aromatic carbocycles. The fraction of sp³-hybridized carbons (Fsp3) is 0.533. The number of rotatable bonds is 9. The van der Waals surface area contributed by atoms with E-state index in [0.717, 1.165) is 31.6 Å². The van der Waals surface area contributed by atoms with Gasteiger partial charge in [0.05, 0.1) is 4.92 Å². The van der Waals surface area contributed by atoms with Gasteiger partial charge in [-0.1, -0.05) is 12.1 Å². The molecular formula is C15H23N3O3. The van der Waals surface area contributed by atoms with Crippen LogP contribution in [-0.4, -0.2) is 41.9 Å². The summed E-state index contributed by atoms with van der Waals surface area (Å²) >= 11 is 0.